The molecular formula is C6H4FIN2O2. The summed E-state index contributed by atoms with van der Waals surface area (Å²) in [6, 6.07) is 2.28. The van der Waals surface area contributed by atoms with Gasteiger partial charge in [-0.25, -0.2) is 0 Å². The predicted molar refractivity (Wildman–Crippen MR) is 50.2 cm³/mol. The van der Waals surface area contributed by atoms with E-state index in [1.54, 1.807) is 22.6 Å². The molecule has 0 unspecified atom stereocenters. The van der Waals surface area contributed by atoms with Crippen molar-refractivity contribution in [3.63, 3.8) is 0 Å². The molecule has 0 bridgehead atoms. The van der Waals surface area contributed by atoms with Gasteiger partial charge in [-0.15, -0.1) is 0 Å². The number of anilines is 1. The van der Waals surface area contributed by atoms with Crippen LogP contribution in [0.15, 0.2) is 12.1 Å². The van der Waals surface area contributed by atoms with Crippen molar-refractivity contribution < 1.29 is 9.31 Å². The molecule has 4 nitrogen and oxygen atoms in total. The van der Waals surface area contributed by atoms with Gasteiger partial charge < -0.3 is 5.73 Å². The Morgan fingerprint density at radius 3 is 2.58 bits per heavy atom. The normalized spacial score (nSPS) is 9.83. The van der Waals surface area contributed by atoms with E-state index in [-0.39, 0.29) is 9.26 Å². The quantitative estimate of drug-likeness (QED) is 0.370. The zero-order valence-electron chi connectivity index (χ0n) is 5.75. The lowest BCUT2D eigenvalue weighted by Crippen LogP contribution is -1.99. The summed E-state index contributed by atoms with van der Waals surface area (Å²) >= 11 is 1.64. The largest absolute Gasteiger partial charge is 0.398 e. The van der Waals surface area contributed by atoms with Gasteiger partial charge in [0, 0.05) is 0 Å². The minimum absolute atomic E-state index is 0.137. The highest BCUT2D eigenvalue weighted by Gasteiger charge is 2.20. The summed E-state index contributed by atoms with van der Waals surface area (Å²) < 4.78 is 12.9. The lowest BCUT2D eigenvalue weighted by Gasteiger charge is -1.99. The van der Waals surface area contributed by atoms with Crippen molar-refractivity contribution in [2.75, 3.05) is 5.73 Å². The van der Waals surface area contributed by atoms with Crippen LogP contribution in [0.4, 0.5) is 15.8 Å². The van der Waals surface area contributed by atoms with Crippen molar-refractivity contribution in [3.8, 4) is 0 Å². The van der Waals surface area contributed by atoms with Crippen LogP contribution in [0.3, 0.4) is 0 Å². The minimum Gasteiger partial charge on any atom is -0.398 e. The number of nitrogen functional groups attached to an aromatic ring is 1. The summed E-state index contributed by atoms with van der Waals surface area (Å²) in [5.74, 6) is -0.862. The molecule has 2 N–H and O–H groups in total. The van der Waals surface area contributed by atoms with E-state index in [2.05, 4.69) is 0 Å². The van der Waals surface area contributed by atoms with Crippen LogP contribution in [-0.2, 0) is 0 Å². The third-order valence-electron chi connectivity index (χ3n) is 1.28. The minimum atomic E-state index is -0.862. The Balaban J connectivity index is 3.43. The van der Waals surface area contributed by atoms with Gasteiger partial charge in [0.2, 0.25) is 5.82 Å². The molecule has 6 heteroatoms. The first-order valence-electron chi connectivity index (χ1n) is 2.92. The third kappa shape index (κ3) is 1.47. The topological polar surface area (TPSA) is 69.2 Å². The van der Waals surface area contributed by atoms with Gasteiger partial charge in [0.1, 0.15) is 3.57 Å². The van der Waals surface area contributed by atoms with Gasteiger partial charge in [0.05, 0.1) is 10.6 Å². The molecule has 0 atom stereocenters. The Bertz CT molecular complexity index is 343. The zero-order valence-corrected chi connectivity index (χ0v) is 7.91. The van der Waals surface area contributed by atoms with E-state index in [4.69, 9.17) is 5.73 Å². The van der Waals surface area contributed by atoms with Crippen molar-refractivity contribution in [2.45, 2.75) is 0 Å². The second-order valence-corrected chi connectivity index (χ2v) is 3.14. The van der Waals surface area contributed by atoms with Gasteiger partial charge in [-0.05, 0) is 34.7 Å². The maximum absolute atomic E-state index is 12.8. The molecule has 0 saturated heterocycles. The van der Waals surface area contributed by atoms with Crippen molar-refractivity contribution in [1.29, 1.82) is 0 Å². The zero-order chi connectivity index (χ0) is 9.30. The van der Waals surface area contributed by atoms with Gasteiger partial charge in [-0.1, -0.05) is 0 Å². The molecule has 0 aliphatic heterocycles. The molecule has 64 valence electrons. The molecule has 1 aromatic carbocycles. The first-order valence-corrected chi connectivity index (χ1v) is 3.99. The lowest BCUT2D eigenvalue weighted by atomic mass is 10.3. The highest BCUT2D eigenvalue weighted by Crippen LogP contribution is 2.28. The lowest BCUT2D eigenvalue weighted by molar-refractivity contribution is -0.388. The summed E-state index contributed by atoms with van der Waals surface area (Å²) in [6.45, 7) is 0. The maximum Gasteiger partial charge on any atom is 0.320 e. The summed E-state index contributed by atoms with van der Waals surface area (Å²) in [6.07, 6.45) is 0. The standard InChI is InChI=1S/C6H4FIN2O2/c7-3-1-2-4(9)5(8)6(3)10(11)12/h1-2H,9H2. The number of hydrogen-bond acceptors (Lipinski definition) is 3. The summed E-state index contributed by atoms with van der Waals surface area (Å²) in [5.41, 5.74) is 5.00. The SMILES string of the molecule is Nc1ccc(F)c([N+](=O)[O-])c1I. The molecular weight excluding hydrogens is 278 g/mol. The molecule has 12 heavy (non-hydrogen) atoms. The Morgan fingerprint density at radius 2 is 2.17 bits per heavy atom. The van der Waals surface area contributed by atoms with Gasteiger partial charge in [-0.2, -0.15) is 4.39 Å². The van der Waals surface area contributed by atoms with Gasteiger partial charge in [-0.3, -0.25) is 10.1 Å². The predicted octanol–water partition coefficient (Wildman–Crippen LogP) is 1.92. The fourth-order valence-electron chi connectivity index (χ4n) is 0.724. The average Bonchev–Trinajstić information content (AvgIpc) is 1.97. The van der Waals surface area contributed by atoms with Crippen LogP contribution in [0.2, 0.25) is 0 Å². The van der Waals surface area contributed by atoms with Crippen LogP contribution >= 0.6 is 22.6 Å². The second-order valence-electron chi connectivity index (χ2n) is 2.06. The summed E-state index contributed by atoms with van der Waals surface area (Å²) in [7, 11) is 0. The monoisotopic (exact) mass is 282 g/mol. The average molecular weight is 282 g/mol. The molecule has 0 radical (unpaired) electrons. The molecule has 0 spiro atoms. The Morgan fingerprint density at radius 1 is 1.58 bits per heavy atom. The molecule has 1 aromatic rings. The van der Waals surface area contributed by atoms with Crippen molar-refractivity contribution >= 4 is 34.0 Å². The number of nitro benzene ring substituents is 1. The van der Waals surface area contributed by atoms with Gasteiger partial charge >= 0.3 is 5.69 Å². The van der Waals surface area contributed by atoms with Crippen LogP contribution in [0.1, 0.15) is 0 Å². The number of rotatable bonds is 1. The van der Waals surface area contributed by atoms with E-state index in [1.165, 1.54) is 6.07 Å². The first kappa shape index (κ1) is 9.17. The van der Waals surface area contributed by atoms with Crippen molar-refractivity contribution in [3.05, 3.63) is 31.6 Å². The highest BCUT2D eigenvalue weighted by molar-refractivity contribution is 14.1. The van der Waals surface area contributed by atoms with Crippen molar-refractivity contribution in [1.82, 2.24) is 0 Å². The van der Waals surface area contributed by atoms with E-state index < -0.39 is 16.4 Å². The van der Waals surface area contributed by atoms with E-state index in [0.717, 1.165) is 6.07 Å². The molecule has 0 aliphatic rings. The second kappa shape index (κ2) is 3.21. The molecule has 1 rings (SSSR count). The van der Waals surface area contributed by atoms with Gasteiger partial charge in [0.15, 0.2) is 0 Å². The number of benzene rings is 1. The highest BCUT2D eigenvalue weighted by atomic mass is 127. The number of hydrogen-bond donors (Lipinski definition) is 1. The van der Waals surface area contributed by atoms with E-state index in [0.29, 0.717) is 0 Å². The molecule has 0 saturated carbocycles. The van der Waals surface area contributed by atoms with E-state index in [9.17, 15) is 14.5 Å². The fraction of sp³-hybridized carbons (Fsp3) is 0. The number of halogens is 2. The Labute approximate surface area is 80.9 Å². The fourth-order valence-corrected chi connectivity index (χ4v) is 1.36. The van der Waals surface area contributed by atoms with Crippen LogP contribution in [0, 0.1) is 19.5 Å². The number of nitro groups is 1. The third-order valence-corrected chi connectivity index (χ3v) is 2.41. The van der Waals surface area contributed by atoms with Crippen LogP contribution in [-0.4, -0.2) is 4.92 Å². The molecule has 0 amide bonds. The first-order chi connectivity index (χ1) is 5.54. The van der Waals surface area contributed by atoms with E-state index >= 15 is 0 Å². The number of nitrogens with two attached hydrogens (primary N) is 1. The van der Waals surface area contributed by atoms with Crippen LogP contribution in [0.5, 0.6) is 0 Å². The van der Waals surface area contributed by atoms with Crippen LogP contribution in [0.25, 0.3) is 0 Å². The summed E-state index contributed by atoms with van der Waals surface area (Å²) in [4.78, 5) is 9.52. The smallest absolute Gasteiger partial charge is 0.320 e. The van der Waals surface area contributed by atoms with Gasteiger partial charge in [0.25, 0.3) is 0 Å². The number of nitrogens with zero attached hydrogens (tertiary/aromatic N) is 1. The van der Waals surface area contributed by atoms with Crippen LogP contribution < -0.4 is 5.73 Å². The molecule has 0 aliphatic carbocycles. The maximum atomic E-state index is 12.8. The van der Waals surface area contributed by atoms with Crippen molar-refractivity contribution in [2.24, 2.45) is 0 Å². The molecule has 0 heterocycles. The molecule has 0 fully saturated rings. The molecule has 0 aromatic heterocycles. The Hall–Kier alpha value is -0.920. The summed E-state index contributed by atoms with van der Waals surface area (Å²) in [5, 5.41) is 10.3. The Kier molecular flexibility index (Phi) is 2.46. The van der Waals surface area contributed by atoms with E-state index in [1.807, 2.05) is 0 Å².